The number of carbonyl (C=O) groups is 1. The summed E-state index contributed by atoms with van der Waals surface area (Å²) in [6.07, 6.45) is 2.00. The number of fused-ring (bicyclic) bond motifs is 1. The first kappa shape index (κ1) is 6.67. The van der Waals surface area contributed by atoms with E-state index in [1.807, 2.05) is 13.0 Å². The monoisotopic (exact) mass is 155 g/mol. The van der Waals surface area contributed by atoms with Crippen molar-refractivity contribution in [3.8, 4) is 0 Å². The molecule has 2 aliphatic heterocycles. The van der Waals surface area contributed by atoms with Crippen molar-refractivity contribution in [1.82, 2.24) is 5.32 Å². The lowest BCUT2D eigenvalue weighted by molar-refractivity contribution is -0.101. The van der Waals surface area contributed by atoms with Gasteiger partial charge in [0.05, 0.1) is 11.8 Å². The lowest BCUT2D eigenvalue weighted by Crippen LogP contribution is -2.25. The summed E-state index contributed by atoms with van der Waals surface area (Å²) in [6.45, 7) is 1.94. The molecule has 1 N–H and O–H groups in total. The smallest absolute Gasteiger partial charge is 0.413 e. The highest BCUT2D eigenvalue weighted by atomic mass is 16.7. The highest BCUT2D eigenvalue weighted by molar-refractivity contribution is 5.73. The number of carbonyl (C=O) groups excluding carboxylic acids is 1. The van der Waals surface area contributed by atoms with Crippen LogP contribution in [0.25, 0.3) is 0 Å². The zero-order valence-corrected chi connectivity index (χ0v) is 6.16. The van der Waals surface area contributed by atoms with E-state index in [4.69, 9.17) is 9.47 Å². The minimum atomic E-state index is -0.480. The van der Waals surface area contributed by atoms with Crippen LogP contribution in [0.15, 0.2) is 11.8 Å². The molecule has 60 valence electrons. The van der Waals surface area contributed by atoms with Crippen LogP contribution in [-0.2, 0) is 9.47 Å². The van der Waals surface area contributed by atoms with Crippen LogP contribution in [0.2, 0.25) is 0 Å². The van der Waals surface area contributed by atoms with Crippen molar-refractivity contribution >= 4 is 6.09 Å². The fourth-order valence-corrected chi connectivity index (χ4v) is 1.17. The van der Waals surface area contributed by atoms with E-state index in [9.17, 15) is 4.79 Å². The van der Waals surface area contributed by atoms with E-state index in [1.165, 1.54) is 0 Å². The summed E-state index contributed by atoms with van der Waals surface area (Å²) in [5.74, 6) is 0. The summed E-state index contributed by atoms with van der Waals surface area (Å²) >= 11 is 0. The Morgan fingerprint density at radius 2 is 2.55 bits per heavy atom. The second kappa shape index (κ2) is 2.23. The molecule has 1 fully saturated rings. The van der Waals surface area contributed by atoms with Crippen LogP contribution >= 0.6 is 0 Å². The molecular weight excluding hydrogens is 146 g/mol. The van der Waals surface area contributed by atoms with E-state index in [-0.39, 0.29) is 6.10 Å². The number of nitrogens with one attached hydrogen (secondary N) is 1. The summed E-state index contributed by atoms with van der Waals surface area (Å²) in [4.78, 5) is 10.7. The molecule has 0 aromatic heterocycles. The minimum Gasteiger partial charge on any atom is -0.413 e. The molecule has 0 bridgehead atoms. The van der Waals surface area contributed by atoms with Gasteiger partial charge in [-0.2, -0.15) is 0 Å². The number of hydrogen-bond donors (Lipinski definition) is 1. The fraction of sp³-hybridized carbons (Fsp3) is 0.571. The van der Waals surface area contributed by atoms with Crippen molar-refractivity contribution < 1.29 is 14.3 Å². The van der Waals surface area contributed by atoms with E-state index in [0.717, 1.165) is 12.1 Å². The normalized spacial score (nSPS) is 35.4. The van der Waals surface area contributed by atoms with Crippen LogP contribution in [0.3, 0.4) is 0 Å². The van der Waals surface area contributed by atoms with E-state index >= 15 is 0 Å². The first-order valence-electron chi connectivity index (χ1n) is 3.59. The Bertz CT molecular complexity index is 224. The average molecular weight is 155 g/mol. The minimum absolute atomic E-state index is 0.136. The van der Waals surface area contributed by atoms with Crippen molar-refractivity contribution in [2.45, 2.75) is 25.7 Å². The number of amides is 1. The van der Waals surface area contributed by atoms with E-state index in [0.29, 0.717) is 0 Å². The number of alkyl carbamates (subject to hydrolysis) is 1. The molecule has 4 heteroatoms. The van der Waals surface area contributed by atoms with Crippen LogP contribution in [-0.4, -0.2) is 18.5 Å². The molecule has 0 aromatic rings. The third-order valence-corrected chi connectivity index (χ3v) is 1.74. The lowest BCUT2D eigenvalue weighted by atomic mass is 10.2. The van der Waals surface area contributed by atoms with Crippen LogP contribution in [0.5, 0.6) is 0 Å². The lowest BCUT2D eigenvalue weighted by Gasteiger charge is -2.20. The molecule has 0 saturated carbocycles. The Morgan fingerprint density at radius 3 is 3.36 bits per heavy atom. The second-order valence-electron chi connectivity index (χ2n) is 2.70. The van der Waals surface area contributed by atoms with E-state index in [1.54, 1.807) is 0 Å². The van der Waals surface area contributed by atoms with Gasteiger partial charge in [0.25, 0.3) is 0 Å². The predicted molar refractivity (Wildman–Crippen MR) is 36.7 cm³/mol. The molecule has 0 aliphatic carbocycles. The van der Waals surface area contributed by atoms with Crippen LogP contribution < -0.4 is 5.32 Å². The highest BCUT2D eigenvalue weighted by Crippen LogP contribution is 2.22. The third-order valence-electron chi connectivity index (χ3n) is 1.74. The maximum absolute atomic E-state index is 10.7. The van der Waals surface area contributed by atoms with Crippen molar-refractivity contribution in [1.29, 1.82) is 0 Å². The summed E-state index contributed by atoms with van der Waals surface area (Å²) in [5, 5.41) is 2.55. The molecule has 11 heavy (non-hydrogen) atoms. The molecule has 1 saturated heterocycles. The Kier molecular flexibility index (Phi) is 1.35. The van der Waals surface area contributed by atoms with Crippen molar-refractivity contribution in [2.24, 2.45) is 0 Å². The van der Waals surface area contributed by atoms with Gasteiger partial charge in [-0.1, -0.05) is 6.08 Å². The molecule has 2 heterocycles. The van der Waals surface area contributed by atoms with Gasteiger partial charge in [0.1, 0.15) is 0 Å². The van der Waals surface area contributed by atoms with E-state index in [2.05, 4.69) is 5.32 Å². The van der Waals surface area contributed by atoms with Gasteiger partial charge in [0.15, 0.2) is 0 Å². The largest absolute Gasteiger partial charge is 0.414 e. The predicted octanol–water partition coefficient (Wildman–Crippen LogP) is 0.745. The molecule has 0 spiro atoms. The summed E-state index contributed by atoms with van der Waals surface area (Å²) in [5.41, 5.74) is 0.744. The number of hydrogen-bond acceptors (Lipinski definition) is 3. The maximum Gasteiger partial charge on any atom is 0.414 e. The zero-order chi connectivity index (χ0) is 7.84. The standard InChI is InChI=1S/C7H9NO3/c1-4-2-3-5-6(10-4)11-7(9)8-5/h3-4,6H,2H2,1H3,(H,8,9). The molecule has 4 nitrogen and oxygen atoms in total. The number of rotatable bonds is 0. The van der Waals surface area contributed by atoms with Crippen LogP contribution in [0.4, 0.5) is 4.79 Å². The zero-order valence-electron chi connectivity index (χ0n) is 6.16. The molecule has 2 rings (SSSR count). The van der Waals surface area contributed by atoms with Gasteiger partial charge in [0.2, 0.25) is 6.29 Å². The molecule has 2 atom stereocenters. The van der Waals surface area contributed by atoms with Gasteiger partial charge < -0.3 is 9.47 Å². The summed E-state index contributed by atoms with van der Waals surface area (Å²) < 4.78 is 10.1. The third kappa shape index (κ3) is 1.09. The Hall–Kier alpha value is -1.03. The number of ether oxygens (including phenoxy) is 2. The highest BCUT2D eigenvalue weighted by Gasteiger charge is 2.32. The Labute approximate surface area is 64.2 Å². The van der Waals surface area contributed by atoms with Crippen LogP contribution in [0, 0.1) is 0 Å². The summed E-state index contributed by atoms with van der Waals surface area (Å²) in [6, 6.07) is 0. The van der Waals surface area contributed by atoms with Crippen molar-refractivity contribution in [2.75, 3.05) is 0 Å². The summed E-state index contributed by atoms with van der Waals surface area (Å²) in [7, 11) is 0. The molecule has 0 radical (unpaired) electrons. The topological polar surface area (TPSA) is 47.6 Å². The van der Waals surface area contributed by atoms with Gasteiger partial charge in [-0.3, -0.25) is 5.32 Å². The first-order valence-corrected chi connectivity index (χ1v) is 3.59. The Morgan fingerprint density at radius 1 is 1.73 bits per heavy atom. The molecule has 1 amide bonds. The fourth-order valence-electron chi connectivity index (χ4n) is 1.17. The molecule has 2 unspecified atom stereocenters. The van der Waals surface area contributed by atoms with Crippen molar-refractivity contribution in [3.05, 3.63) is 11.8 Å². The van der Waals surface area contributed by atoms with Gasteiger partial charge in [-0.15, -0.1) is 0 Å². The van der Waals surface area contributed by atoms with Crippen molar-refractivity contribution in [3.63, 3.8) is 0 Å². The molecular formula is C7H9NO3. The molecule has 0 aromatic carbocycles. The van der Waals surface area contributed by atoms with Gasteiger partial charge in [-0.05, 0) is 13.3 Å². The second-order valence-corrected chi connectivity index (χ2v) is 2.70. The maximum atomic E-state index is 10.7. The van der Waals surface area contributed by atoms with Gasteiger partial charge in [-0.25, -0.2) is 4.79 Å². The van der Waals surface area contributed by atoms with Gasteiger partial charge in [0, 0.05) is 0 Å². The van der Waals surface area contributed by atoms with Gasteiger partial charge >= 0.3 is 6.09 Å². The van der Waals surface area contributed by atoms with E-state index < -0.39 is 12.4 Å². The average Bonchev–Trinajstić information content (AvgIpc) is 2.27. The Balaban J connectivity index is 2.17. The first-order chi connectivity index (χ1) is 5.25. The van der Waals surface area contributed by atoms with Crippen LogP contribution in [0.1, 0.15) is 13.3 Å². The quantitative estimate of drug-likeness (QED) is 0.561. The molecule has 2 aliphatic rings. The SMILES string of the molecule is CC1CC=C2NC(=O)OC2O1.